The van der Waals surface area contributed by atoms with Gasteiger partial charge in [-0.15, -0.1) is 12.4 Å². The van der Waals surface area contributed by atoms with Gasteiger partial charge >= 0.3 is 0 Å². The zero-order valence-corrected chi connectivity index (χ0v) is 13.7. The van der Waals surface area contributed by atoms with Crippen molar-refractivity contribution in [2.75, 3.05) is 13.7 Å². The van der Waals surface area contributed by atoms with Gasteiger partial charge in [0.2, 0.25) is 5.91 Å². The summed E-state index contributed by atoms with van der Waals surface area (Å²) < 4.78 is 5.21. The molecule has 6 heteroatoms. The molecule has 5 nitrogen and oxygen atoms in total. The number of nitrogens with one attached hydrogen (secondary N) is 1. The number of rotatable bonds is 6. The molecule has 0 atom stereocenters. The lowest BCUT2D eigenvalue weighted by Gasteiger charge is -2.19. The monoisotopic (exact) mass is 314 g/mol. The van der Waals surface area contributed by atoms with Crippen molar-refractivity contribution in [3.63, 3.8) is 0 Å². The standard InChI is InChI=1S/C15H22N2O3.ClH/c1-10(18)11-5-6-13(20-4)12(7-11)8-14(19)17-9-15(2,3)16;/h5-7H,8-9,16H2,1-4H3,(H,17,19);1H. The van der Waals surface area contributed by atoms with E-state index >= 15 is 0 Å². The van der Waals surface area contributed by atoms with Crippen molar-refractivity contribution in [1.82, 2.24) is 5.32 Å². The minimum absolute atomic E-state index is 0. The van der Waals surface area contributed by atoms with Crippen molar-refractivity contribution in [2.45, 2.75) is 32.7 Å². The van der Waals surface area contributed by atoms with Gasteiger partial charge in [-0.05, 0) is 39.0 Å². The number of hydrogen-bond donors (Lipinski definition) is 2. The molecule has 1 amide bonds. The summed E-state index contributed by atoms with van der Waals surface area (Å²) in [5.41, 5.74) is 6.61. The third-order valence-corrected chi connectivity index (χ3v) is 2.78. The summed E-state index contributed by atoms with van der Waals surface area (Å²) in [6.45, 7) is 5.55. The predicted octanol–water partition coefficient (Wildman–Crippen LogP) is 1.72. The van der Waals surface area contributed by atoms with Crippen molar-refractivity contribution in [1.29, 1.82) is 0 Å². The van der Waals surface area contributed by atoms with Crippen molar-refractivity contribution in [3.05, 3.63) is 29.3 Å². The molecule has 0 aromatic heterocycles. The lowest BCUT2D eigenvalue weighted by Crippen LogP contribution is -2.45. The Morgan fingerprint density at radius 1 is 1.33 bits per heavy atom. The van der Waals surface area contributed by atoms with E-state index in [9.17, 15) is 9.59 Å². The van der Waals surface area contributed by atoms with E-state index in [0.29, 0.717) is 23.4 Å². The van der Waals surface area contributed by atoms with Crippen LogP contribution in [0.4, 0.5) is 0 Å². The van der Waals surface area contributed by atoms with Crippen molar-refractivity contribution < 1.29 is 14.3 Å². The number of Topliss-reactive ketones (excluding diaryl/α,β-unsaturated/α-hetero) is 1. The van der Waals surface area contributed by atoms with E-state index in [1.54, 1.807) is 18.2 Å². The van der Waals surface area contributed by atoms with E-state index < -0.39 is 5.54 Å². The maximum Gasteiger partial charge on any atom is 0.224 e. The van der Waals surface area contributed by atoms with E-state index in [0.717, 1.165) is 0 Å². The van der Waals surface area contributed by atoms with Gasteiger partial charge in [0.25, 0.3) is 0 Å². The van der Waals surface area contributed by atoms with Crippen LogP contribution in [0.1, 0.15) is 36.7 Å². The van der Waals surface area contributed by atoms with Crippen molar-refractivity contribution in [3.8, 4) is 5.75 Å². The lowest BCUT2D eigenvalue weighted by molar-refractivity contribution is -0.120. The average Bonchev–Trinajstić information content (AvgIpc) is 2.35. The number of benzene rings is 1. The molecule has 0 spiro atoms. The number of methoxy groups -OCH3 is 1. The molecule has 0 radical (unpaired) electrons. The first kappa shape index (κ1) is 19.4. The molecule has 0 saturated carbocycles. The second-order valence-electron chi connectivity index (χ2n) is 5.52. The van der Waals surface area contributed by atoms with E-state index in [1.165, 1.54) is 14.0 Å². The van der Waals surface area contributed by atoms with Gasteiger partial charge in [-0.2, -0.15) is 0 Å². The van der Waals surface area contributed by atoms with Crippen LogP contribution in [0.25, 0.3) is 0 Å². The Labute approximate surface area is 131 Å². The minimum atomic E-state index is -0.457. The molecule has 118 valence electrons. The molecule has 0 aliphatic carbocycles. The quantitative estimate of drug-likeness (QED) is 0.783. The highest BCUT2D eigenvalue weighted by atomic mass is 35.5. The minimum Gasteiger partial charge on any atom is -0.496 e. The van der Waals surface area contributed by atoms with Crippen LogP contribution < -0.4 is 15.8 Å². The van der Waals surface area contributed by atoms with Crippen LogP contribution in [0.5, 0.6) is 5.75 Å². The van der Waals surface area contributed by atoms with Crippen LogP contribution in [0, 0.1) is 0 Å². The Bertz CT molecular complexity index is 510. The van der Waals surface area contributed by atoms with Crippen LogP contribution in [0.15, 0.2) is 18.2 Å². The molecular weight excluding hydrogens is 292 g/mol. The van der Waals surface area contributed by atoms with Gasteiger partial charge in [0.1, 0.15) is 5.75 Å². The molecule has 0 fully saturated rings. The summed E-state index contributed by atoms with van der Waals surface area (Å²) in [4.78, 5) is 23.3. The van der Waals surface area contributed by atoms with Crippen LogP contribution in [-0.4, -0.2) is 30.9 Å². The number of nitrogens with two attached hydrogens (primary N) is 1. The molecule has 1 aromatic rings. The third-order valence-electron chi connectivity index (χ3n) is 2.78. The molecule has 3 N–H and O–H groups in total. The Morgan fingerprint density at radius 2 is 1.95 bits per heavy atom. The maximum atomic E-state index is 11.9. The molecular formula is C15H23ClN2O3. The van der Waals surface area contributed by atoms with Gasteiger partial charge in [0.15, 0.2) is 5.78 Å². The molecule has 21 heavy (non-hydrogen) atoms. The predicted molar refractivity (Wildman–Crippen MR) is 85.2 cm³/mol. The van der Waals surface area contributed by atoms with Gasteiger partial charge in [-0.3, -0.25) is 9.59 Å². The van der Waals surface area contributed by atoms with Crippen LogP contribution in [0.2, 0.25) is 0 Å². The number of carbonyl (C=O) groups excluding carboxylic acids is 2. The Hall–Kier alpha value is -1.59. The van der Waals surface area contributed by atoms with Crippen LogP contribution in [-0.2, 0) is 11.2 Å². The van der Waals surface area contributed by atoms with Gasteiger partial charge < -0.3 is 15.8 Å². The second-order valence-corrected chi connectivity index (χ2v) is 5.52. The molecule has 1 aromatic carbocycles. The normalized spacial score (nSPS) is 10.5. The van der Waals surface area contributed by atoms with Gasteiger partial charge in [0.05, 0.1) is 13.5 Å². The Balaban J connectivity index is 0.00000400. The summed E-state index contributed by atoms with van der Waals surface area (Å²) >= 11 is 0. The highest BCUT2D eigenvalue weighted by Gasteiger charge is 2.15. The molecule has 0 aliphatic heterocycles. The fourth-order valence-electron chi connectivity index (χ4n) is 1.70. The fraction of sp³-hybridized carbons (Fsp3) is 0.467. The summed E-state index contributed by atoms with van der Waals surface area (Å²) in [5, 5.41) is 2.77. The SMILES string of the molecule is COc1ccc(C(C)=O)cc1CC(=O)NCC(C)(C)N.Cl. The van der Waals surface area contributed by atoms with Gasteiger partial charge in [-0.1, -0.05) is 0 Å². The number of amides is 1. The maximum absolute atomic E-state index is 11.9. The fourth-order valence-corrected chi connectivity index (χ4v) is 1.70. The zero-order chi connectivity index (χ0) is 15.3. The summed E-state index contributed by atoms with van der Waals surface area (Å²) in [7, 11) is 1.53. The second kappa shape index (κ2) is 8.00. The van der Waals surface area contributed by atoms with E-state index in [4.69, 9.17) is 10.5 Å². The first-order chi connectivity index (χ1) is 9.23. The topological polar surface area (TPSA) is 81.4 Å². The van der Waals surface area contributed by atoms with E-state index in [1.807, 2.05) is 13.8 Å². The first-order valence-electron chi connectivity index (χ1n) is 6.46. The highest BCUT2D eigenvalue weighted by Crippen LogP contribution is 2.20. The number of carbonyl (C=O) groups is 2. The average molecular weight is 315 g/mol. The number of ketones is 1. The molecule has 0 unspecified atom stereocenters. The Morgan fingerprint density at radius 3 is 2.43 bits per heavy atom. The smallest absolute Gasteiger partial charge is 0.224 e. The van der Waals surface area contributed by atoms with Gasteiger partial charge in [-0.25, -0.2) is 0 Å². The van der Waals surface area contributed by atoms with Crippen molar-refractivity contribution in [2.24, 2.45) is 5.73 Å². The van der Waals surface area contributed by atoms with Crippen LogP contribution >= 0.6 is 12.4 Å². The number of halogens is 1. The molecule has 0 saturated heterocycles. The van der Waals surface area contributed by atoms with Crippen LogP contribution in [0.3, 0.4) is 0 Å². The Kier molecular flexibility index (Phi) is 7.39. The largest absolute Gasteiger partial charge is 0.496 e. The van der Waals surface area contributed by atoms with Crippen molar-refractivity contribution >= 4 is 24.1 Å². The summed E-state index contributed by atoms with van der Waals surface area (Å²) in [6.07, 6.45) is 0.153. The molecule has 0 bridgehead atoms. The zero-order valence-electron chi connectivity index (χ0n) is 12.9. The first-order valence-corrected chi connectivity index (χ1v) is 6.46. The van der Waals surface area contributed by atoms with Gasteiger partial charge in [0, 0.05) is 23.2 Å². The lowest BCUT2D eigenvalue weighted by atomic mass is 10.0. The molecule has 0 heterocycles. The third kappa shape index (κ3) is 6.60. The summed E-state index contributed by atoms with van der Waals surface area (Å²) in [6, 6.07) is 5.08. The van der Waals surface area contributed by atoms with E-state index in [2.05, 4.69) is 5.32 Å². The number of hydrogen-bond acceptors (Lipinski definition) is 4. The number of ether oxygens (including phenoxy) is 1. The van der Waals surface area contributed by atoms with E-state index in [-0.39, 0.29) is 30.5 Å². The summed E-state index contributed by atoms with van der Waals surface area (Å²) in [5.74, 6) is 0.400. The highest BCUT2D eigenvalue weighted by molar-refractivity contribution is 5.94. The molecule has 0 aliphatic rings. The molecule has 1 rings (SSSR count).